The Labute approximate surface area is 172 Å². The number of fused-ring (bicyclic) bond motifs is 1. The van der Waals surface area contributed by atoms with E-state index in [2.05, 4.69) is 58.7 Å². The molecule has 0 saturated heterocycles. The Balaban J connectivity index is 1.67. The molecule has 5 aromatic rings. The van der Waals surface area contributed by atoms with Gasteiger partial charge in [0.05, 0.1) is 18.6 Å². The van der Waals surface area contributed by atoms with Gasteiger partial charge in [-0.15, -0.1) is 10.2 Å². The van der Waals surface area contributed by atoms with E-state index in [4.69, 9.17) is 9.84 Å². The minimum atomic E-state index is 0.0367. The van der Waals surface area contributed by atoms with Crippen LogP contribution in [-0.2, 0) is 0 Å². The van der Waals surface area contributed by atoms with E-state index in [1.165, 1.54) is 11.1 Å². The summed E-state index contributed by atoms with van der Waals surface area (Å²) >= 11 is 1.56. The molecule has 0 spiro atoms. The van der Waals surface area contributed by atoms with Gasteiger partial charge >= 0.3 is 0 Å². The molecule has 0 fully saturated rings. The monoisotopic (exact) mass is 398 g/mol. The van der Waals surface area contributed by atoms with Crippen LogP contribution in [0.25, 0.3) is 16.3 Å². The Morgan fingerprint density at radius 2 is 1.41 bits per heavy atom. The standard InChI is InChI=1S/C23H18N4OS/c1-28-19-15-9-8-14-18(19)21-24-25-23-27(21)26-22(29-23)20(16-10-4-2-5-11-16)17-12-6-3-7-13-17/h2-15,20H,1H3. The summed E-state index contributed by atoms with van der Waals surface area (Å²) in [5.74, 6) is 1.47. The molecule has 0 atom stereocenters. The summed E-state index contributed by atoms with van der Waals surface area (Å²) in [7, 11) is 1.66. The molecule has 0 saturated carbocycles. The summed E-state index contributed by atoms with van der Waals surface area (Å²) in [5.41, 5.74) is 3.26. The van der Waals surface area contributed by atoms with E-state index < -0.39 is 0 Å². The highest BCUT2D eigenvalue weighted by Gasteiger charge is 2.23. The first-order chi connectivity index (χ1) is 14.3. The molecular weight excluding hydrogens is 380 g/mol. The summed E-state index contributed by atoms with van der Waals surface area (Å²) in [6, 6.07) is 28.7. The van der Waals surface area contributed by atoms with Gasteiger partial charge in [0, 0.05) is 0 Å². The lowest BCUT2D eigenvalue weighted by molar-refractivity contribution is 0.416. The minimum Gasteiger partial charge on any atom is -0.496 e. The van der Waals surface area contributed by atoms with E-state index in [1.807, 2.05) is 40.9 Å². The van der Waals surface area contributed by atoms with Gasteiger partial charge in [-0.1, -0.05) is 84.1 Å². The van der Waals surface area contributed by atoms with Crippen LogP contribution < -0.4 is 4.74 Å². The molecule has 6 heteroatoms. The van der Waals surface area contributed by atoms with Crippen molar-refractivity contribution in [2.45, 2.75) is 5.92 Å². The van der Waals surface area contributed by atoms with Gasteiger partial charge < -0.3 is 4.74 Å². The van der Waals surface area contributed by atoms with Crippen LogP contribution in [0.4, 0.5) is 0 Å². The number of ether oxygens (including phenoxy) is 1. The van der Waals surface area contributed by atoms with Gasteiger partial charge in [0.1, 0.15) is 10.8 Å². The maximum absolute atomic E-state index is 5.51. The van der Waals surface area contributed by atoms with Crippen molar-refractivity contribution in [2.75, 3.05) is 7.11 Å². The zero-order valence-corrected chi connectivity index (χ0v) is 16.6. The van der Waals surface area contributed by atoms with Crippen molar-refractivity contribution in [3.63, 3.8) is 0 Å². The molecule has 29 heavy (non-hydrogen) atoms. The van der Waals surface area contributed by atoms with Crippen LogP contribution in [0.15, 0.2) is 84.9 Å². The SMILES string of the molecule is COc1ccccc1-c1nnc2sc(C(c3ccccc3)c3ccccc3)nn12. The number of nitrogens with zero attached hydrogens (tertiary/aromatic N) is 4. The highest BCUT2D eigenvalue weighted by atomic mass is 32.1. The van der Waals surface area contributed by atoms with Gasteiger partial charge in [-0.25, -0.2) is 0 Å². The van der Waals surface area contributed by atoms with E-state index in [0.29, 0.717) is 5.82 Å². The molecule has 0 aliphatic heterocycles. The summed E-state index contributed by atoms with van der Waals surface area (Å²) in [6.45, 7) is 0. The van der Waals surface area contributed by atoms with E-state index in [0.717, 1.165) is 21.3 Å². The minimum absolute atomic E-state index is 0.0367. The van der Waals surface area contributed by atoms with Crippen LogP contribution in [-0.4, -0.2) is 26.9 Å². The molecule has 142 valence electrons. The average Bonchev–Trinajstić information content (AvgIpc) is 3.36. The van der Waals surface area contributed by atoms with Crippen LogP contribution in [0.1, 0.15) is 22.1 Å². The normalized spacial score (nSPS) is 11.2. The number of rotatable bonds is 5. The third-order valence-corrected chi connectivity index (χ3v) is 5.83. The van der Waals surface area contributed by atoms with Gasteiger partial charge in [0.25, 0.3) is 0 Å². The van der Waals surface area contributed by atoms with Crippen molar-refractivity contribution in [1.82, 2.24) is 19.8 Å². The number of hydrogen-bond acceptors (Lipinski definition) is 5. The maximum atomic E-state index is 5.51. The van der Waals surface area contributed by atoms with Gasteiger partial charge in [0.2, 0.25) is 4.96 Å². The third-order valence-electron chi connectivity index (χ3n) is 4.87. The average molecular weight is 398 g/mol. The highest BCUT2D eigenvalue weighted by molar-refractivity contribution is 7.16. The van der Waals surface area contributed by atoms with Crippen LogP contribution >= 0.6 is 11.3 Å². The highest BCUT2D eigenvalue weighted by Crippen LogP contribution is 2.36. The molecule has 5 rings (SSSR count). The fourth-order valence-electron chi connectivity index (χ4n) is 3.51. The van der Waals surface area contributed by atoms with Gasteiger partial charge in [-0.2, -0.15) is 9.61 Å². The van der Waals surface area contributed by atoms with Crippen molar-refractivity contribution < 1.29 is 4.74 Å². The van der Waals surface area contributed by atoms with E-state index in [-0.39, 0.29) is 5.92 Å². The second-order valence-corrected chi connectivity index (χ2v) is 7.60. The Hall–Kier alpha value is -3.51. The Morgan fingerprint density at radius 1 is 0.793 bits per heavy atom. The van der Waals surface area contributed by atoms with Gasteiger partial charge in [-0.05, 0) is 23.3 Å². The van der Waals surface area contributed by atoms with Crippen molar-refractivity contribution in [2.24, 2.45) is 0 Å². The summed E-state index contributed by atoms with van der Waals surface area (Å²) in [5, 5.41) is 14.6. The first kappa shape index (κ1) is 17.6. The van der Waals surface area contributed by atoms with Crippen LogP contribution in [0.3, 0.4) is 0 Å². The Bertz CT molecular complexity index is 1210. The Morgan fingerprint density at radius 3 is 2.07 bits per heavy atom. The van der Waals surface area contributed by atoms with Gasteiger partial charge in [-0.3, -0.25) is 0 Å². The maximum Gasteiger partial charge on any atom is 0.234 e. The molecule has 0 aliphatic rings. The quantitative estimate of drug-likeness (QED) is 0.416. The molecule has 0 unspecified atom stereocenters. The molecular formula is C23H18N4OS. The second kappa shape index (κ2) is 7.48. The molecule has 0 amide bonds. The lowest BCUT2D eigenvalue weighted by Gasteiger charge is -2.15. The van der Waals surface area contributed by atoms with E-state index in [9.17, 15) is 0 Å². The predicted octanol–water partition coefficient (Wildman–Crippen LogP) is 5.04. The fourth-order valence-corrected chi connectivity index (χ4v) is 4.51. The zero-order chi connectivity index (χ0) is 19.6. The molecule has 5 nitrogen and oxygen atoms in total. The predicted molar refractivity (Wildman–Crippen MR) is 114 cm³/mol. The number of aromatic nitrogens is 4. The summed E-state index contributed by atoms with van der Waals surface area (Å²) in [4.78, 5) is 0.762. The lowest BCUT2D eigenvalue weighted by atomic mass is 9.92. The molecule has 3 aromatic carbocycles. The topological polar surface area (TPSA) is 52.3 Å². The smallest absolute Gasteiger partial charge is 0.234 e. The molecule has 0 N–H and O–H groups in total. The van der Waals surface area contributed by atoms with Crippen LogP contribution in [0.2, 0.25) is 0 Å². The first-order valence-electron chi connectivity index (χ1n) is 9.30. The number of hydrogen-bond donors (Lipinski definition) is 0. The Kier molecular flexibility index (Phi) is 4.54. The van der Waals surface area contributed by atoms with Gasteiger partial charge in [0.15, 0.2) is 5.82 Å². The third kappa shape index (κ3) is 3.17. The van der Waals surface area contributed by atoms with Crippen LogP contribution in [0, 0.1) is 0 Å². The molecule has 0 bridgehead atoms. The van der Waals surface area contributed by atoms with Crippen molar-refractivity contribution in [1.29, 1.82) is 0 Å². The largest absolute Gasteiger partial charge is 0.496 e. The zero-order valence-electron chi connectivity index (χ0n) is 15.8. The first-order valence-corrected chi connectivity index (χ1v) is 10.1. The molecule has 2 aromatic heterocycles. The van der Waals surface area contributed by atoms with E-state index >= 15 is 0 Å². The van der Waals surface area contributed by atoms with Crippen molar-refractivity contribution in [3.05, 3.63) is 101 Å². The molecule has 0 radical (unpaired) electrons. The summed E-state index contributed by atoms with van der Waals surface area (Å²) < 4.78 is 7.32. The number of para-hydroxylation sites is 1. The van der Waals surface area contributed by atoms with Crippen molar-refractivity contribution >= 4 is 16.3 Å². The lowest BCUT2D eigenvalue weighted by Crippen LogP contribution is -2.04. The second-order valence-electron chi connectivity index (χ2n) is 6.61. The molecule has 0 aliphatic carbocycles. The molecule has 2 heterocycles. The van der Waals surface area contributed by atoms with E-state index in [1.54, 1.807) is 18.4 Å². The van der Waals surface area contributed by atoms with Crippen molar-refractivity contribution in [3.8, 4) is 17.1 Å². The van der Waals surface area contributed by atoms with Crippen LogP contribution in [0.5, 0.6) is 5.75 Å². The summed E-state index contributed by atoms with van der Waals surface area (Å²) in [6.07, 6.45) is 0. The number of methoxy groups -OCH3 is 1. The number of benzene rings is 3. The fraction of sp³-hybridized carbons (Fsp3) is 0.0870.